The molecule has 4 aromatic rings. The van der Waals surface area contributed by atoms with E-state index in [1.165, 1.54) is 44.7 Å². The van der Waals surface area contributed by atoms with Crippen LogP contribution >= 0.6 is 0 Å². The van der Waals surface area contributed by atoms with Gasteiger partial charge in [-0.1, -0.05) is 12.1 Å². The molecule has 8 heteroatoms. The van der Waals surface area contributed by atoms with Crippen molar-refractivity contribution in [2.45, 2.75) is 12.3 Å². The average Bonchev–Trinajstić information content (AvgIpc) is 2.84. The van der Waals surface area contributed by atoms with Crippen molar-refractivity contribution in [3.63, 3.8) is 0 Å². The number of esters is 1. The lowest BCUT2D eigenvalue weighted by Crippen LogP contribution is -2.22. The molecule has 0 amide bonds. The summed E-state index contributed by atoms with van der Waals surface area (Å²) in [7, 11) is 2.82. The van der Waals surface area contributed by atoms with E-state index < -0.39 is 17.7 Å². The van der Waals surface area contributed by atoms with Gasteiger partial charge < -0.3 is 23.7 Å². The lowest BCUT2D eigenvalue weighted by Gasteiger charge is -2.26. The molecular formula is C26H19FO7. The highest BCUT2D eigenvalue weighted by molar-refractivity contribution is 5.90. The van der Waals surface area contributed by atoms with Crippen LogP contribution in [-0.4, -0.2) is 25.3 Å². The van der Waals surface area contributed by atoms with Crippen molar-refractivity contribution in [2.24, 2.45) is 0 Å². The van der Waals surface area contributed by atoms with Gasteiger partial charge in [-0.3, -0.25) is 9.59 Å². The molecule has 0 unspecified atom stereocenters. The summed E-state index contributed by atoms with van der Waals surface area (Å²) in [4.78, 5) is 25.7. The van der Waals surface area contributed by atoms with E-state index in [0.717, 1.165) is 0 Å². The van der Waals surface area contributed by atoms with E-state index in [4.69, 9.17) is 18.6 Å². The Morgan fingerprint density at radius 3 is 2.32 bits per heavy atom. The van der Waals surface area contributed by atoms with Gasteiger partial charge in [0.25, 0.3) is 0 Å². The number of hydrogen-bond donors (Lipinski definition) is 1. The van der Waals surface area contributed by atoms with Crippen molar-refractivity contribution < 1.29 is 32.9 Å². The maximum Gasteiger partial charge on any atom is 0.312 e. The highest BCUT2D eigenvalue weighted by atomic mass is 19.1. The maximum absolute atomic E-state index is 13.3. The van der Waals surface area contributed by atoms with E-state index in [0.29, 0.717) is 22.1 Å². The average molecular weight is 462 g/mol. The largest absolute Gasteiger partial charge is 0.502 e. The van der Waals surface area contributed by atoms with E-state index in [9.17, 15) is 19.1 Å². The molecule has 172 valence electrons. The normalized spacial score (nSPS) is 15.0. The van der Waals surface area contributed by atoms with Crippen molar-refractivity contribution in [1.29, 1.82) is 0 Å². The van der Waals surface area contributed by atoms with Crippen LogP contribution in [0.25, 0.3) is 22.1 Å². The van der Waals surface area contributed by atoms with Gasteiger partial charge in [-0.05, 0) is 47.5 Å². The van der Waals surface area contributed by atoms with Crippen LogP contribution in [0.1, 0.15) is 23.5 Å². The van der Waals surface area contributed by atoms with Crippen LogP contribution in [0, 0.1) is 5.82 Å². The molecule has 34 heavy (non-hydrogen) atoms. The SMILES string of the molecule is COc1cc([C@@H]2CC(=O)Oc3ccc4c(=O)c(-c5ccc(F)cc5)coc4c32)cc(OC)c1O. The number of benzene rings is 3. The van der Waals surface area contributed by atoms with Crippen LogP contribution in [0.4, 0.5) is 4.39 Å². The number of phenolic OH excluding ortho intramolecular Hbond substituents is 1. The molecule has 0 radical (unpaired) electrons. The van der Waals surface area contributed by atoms with Gasteiger partial charge in [-0.15, -0.1) is 0 Å². The molecule has 1 N–H and O–H groups in total. The molecule has 1 aliphatic heterocycles. The number of aromatic hydroxyl groups is 1. The highest BCUT2D eigenvalue weighted by Crippen LogP contribution is 2.46. The third kappa shape index (κ3) is 3.44. The topological polar surface area (TPSA) is 95.2 Å². The predicted molar refractivity (Wildman–Crippen MR) is 121 cm³/mol. The van der Waals surface area contributed by atoms with E-state index in [-0.39, 0.29) is 46.0 Å². The number of rotatable bonds is 4. The first-order valence-electron chi connectivity index (χ1n) is 10.4. The quantitative estimate of drug-likeness (QED) is 0.345. The van der Waals surface area contributed by atoms with E-state index >= 15 is 0 Å². The summed E-state index contributed by atoms with van der Waals surface area (Å²) >= 11 is 0. The third-order valence-corrected chi connectivity index (χ3v) is 5.94. The Balaban J connectivity index is 1.73. The molecule has 0 bridgehead atoms. The fourth-order valence-electron chi connectivity index (χ4n) is 4.28. The standard InChI is InChI=1S/C26H19FO7/c1-31-20-9-14(10-21(32-2)25(20)30)17-11-22(28)34-19-8-7-16-24(29)18(12-33-26(16)23(17)19)13-3-5-15(27)6-4-13/h3-10,12,17,30H,11H2,1-2H3/t17-/m0/s1. The van der Waals surface area contributed by atoms with E-state index in [2.05, 4.69) is 0 Å². The fourth-order valence-corrected chi connectivity index (χ4v) is 4.28. The minimum atomic E-state index is -0.553. The fraction of sp³-hybridized carbons (Fsp3) is 0.154. The van der Waals surface area contributed by atoms with E-state index in [1.807, 2.05) is 0 Å². The molecule has 7 nitrogen and oxygen atoms in total. The van der Waals surface area contributed by atoms with Crippen LogP contribution in [-0.2, 0) is 4.79 Å². The molecule has 3 aromatic carbocycles. The molecule has 1 atom stereocenters. The lowest BCUT2D eigenvalue weighted by atomic mass is 9.84. The van der Waals surface area contributed by atoms with Crippen molar-refractivity contribution >= 4 is 16.9 Å². The monoisotopic (exact) mass is 462 g/mol. The summed E-state index contributed by atoms with van der Waals surface area (Å²) < 4.78 is 35.2. The first kappa shape index (κ1) is 21.5. The number of fused-ring (bicyclic) bond motifs is 3. The predicted octanol–water partition coefficient (Wildman–Crippen LogP) is 4.76. The number of carbonyl (C=O) groups is 1. The number of halogens is 1. The van der Waals surface area contributed by atoms with Crippen molar-refractivity contribution in [3.8, 4) is 34.1 Å². The highest BCUT2D eigenvalue weighted by Gasteiger charge is 2.33. The zero-order valence-electron chi connectivity index (χ0n) is 18.3. The summed E-state index contributed by atoms with van der Waals surface area (Å²) in [5.41, 5.74) is 1.91. The molecule has 2 heterocycles. The first-order valence-corrected chi connectivity index (χ1v) is 10.4. The number of methoxy groups -OCH3 is 2. The van der Waals surface area contributed by atoms with E-state index in [1.54, 1.807) is 24.3 Å². The summed E-state index contributed by atoms with van der Waals surface area (Å²) in [6, 6.07) is 11.9. The zero-order valence-corrected chi connectivity index (χ0v) is 18.3. The molecule has 0 saturated carbocycles. The molecular weight excluding hydrogens is 443 g/mol. The second-order valence-corrected chi connectivity index (χ2v) is 7.84. The number of phenols is 1. The van der Waals surface area contributed by atoms with Gasteiger partial charge in [0.2, 0.25) is 11.2 Å². The van der Waals surface area contributed by atoms with Gasteiger partial charge >= 0.3 is 5.97 Å². The molecule has 1 aliphatic rings. The van der Waals surface area contributed by atoms with Crippen LogP contribution in [0.2, 0.25) is 0 Å². The summed E-state index contributed by atoms with van der Waals surface area (Å²) in [6.45, 7) is 0. The summed E-state index contributed by atoms with van der Waals surface area (Å²) in [5.74, 6) is -0.952. The van der Waals surface area contributed by atoms with Crippen LogP contribution in [0.3, 0.4) is 0 Å². The number of ether oxygens (including phenoxy) is 3. The zero-order chi connectivity index (χ0) is 24.0. The second-order valence-electron chi connectivity index (χ2n) is 7.84. The molecule has 5 rings (SSSR count). The Morgan fingerprint density at radius 2 is 1.68 bits per heavy atom. The minimum absolute atomic E-state index is 0.0212. The Labute approximate surface area is 192 Å². The third-order valence-electron chi connectivity index (χ3n) is 5.94. The van der Waals surface area contributed by atoms with Crippen molar-refractivity contribution in [2.75, 3.05) is 14.2 Å². The van der Waals surface area contributed by atoms with Gasteiger partial charge in [0, 0.05) is 11.5 Å². The molecule has 0 fully saturated rings. The number of hydrogen-bond acceptors (Lipinski definition) is 7. The van der Waals surface area contributed by atoms with Gasteiger partial charge in [0.15, 0.2) is 11.5 Å². The Hall–Kier alpha value is -4.33. The van der Waals surface area contributed by atoms with Gasteiger partial charge in [0.1, 0.15) is 23.4 Å². The Bertz CT molecular complexity index is 1460. The van der Waals surface area contributed by atoms with Crippen LogP contribution in [0.5, 0.6) is 23.0 Å². The van der Waals surface area contributed by atoms with Gasteiger partial charge in [-0.2, -0.15) is 0 Å². The molecule has 0 spiro atoms. The smallest absolute Gasteiger partial charge is 0.312 e. The second kappa shape index (κ2) is 8.22. The van der Waals surface area contributed by atoms with Gasteiger partial charge in [-0.25, -0.2) is 4.39 Å². The Kier molecular flexibility index (Phi) is 5.20. The molecule has 1 aromatic heterocycles. The number of carbonyl (C=O) groups excluding carboxylic acids is 1. The van der Waals surface area contributed by atoms with Crippen molar-refractivity contribution in [1.82, 2.24) is 0 Å². The van der Waals surface area contributed by atoms with Crippen LogP contribution in [0.15, 0.2) is 64.0 Å². The van der Waals surface area contributed by atoms with Crippen LogP contribution < -0.4 is 19.6 Å². The summed E-state index contributed by atoms with van der Waals surface area (Å²) in [5, 5.41) is 10.6. The first-order chi connectivity index (χ1) is 16.4. The van der Waals surface area contributed by atoms with Gasteiger partial charge in [0.05, 0.1) is 31.6 Å². The molecule has 0 saturated heterocycles. The minimum Gasteiger partial charge on any atom is -0.502 e. The summed E-state index contributed by atoms with van der Waals surface area (Å²) in [6.07, 6.45) is 1.30. The Morgan fingerprint density at radius 1 is 1.00 bits per heavy atom. The maximum atomic E-state index is 13.3. The van der Waals surface area contributed by atoms with Crippen molar-refractivity contribution in [3.05, 3.63) is 82.0 Å². The lowest BCUT2D eigenvalue weighted by molar-refractivity contribution is -0.135. The molecule has 0 aliphatic carbocycles.